The highest BCUT2D eigenvalue weighted by atomic mass is 32.2. The summed E-state index contributed by atoms with van der Waals surface area (Å²) in [6.07, 6.45) is 1.81. The number of benzene rings is 2. The Hall–Kier alpha value is -1.69. The summed E-state index contributed by atoms with van der Waals surface area (Å²) in [4.78, 5) is 2.40. The average molecular weight is 332 g/mol. The highest BCUT2D eigenvalue weighted by molar-refractivity contribution is 7.89. The molecule has 0 aromatic heterocycles. The quantitative estimate of drug-likeness (QED) is 0.756. The van der Waals surface area contributed by atoms with E-state index in [1.54, 1.807) is 12.1 Å². The molecule has 0 spiro atoms. The van der Waals surface area contributed by atoms with Crippen molar-refractivity contribution in [1.82, 2.24) is 9.62 Å². The van der Waals surface area contributed by atoms with E-state index < -0.39 is 10.0 Å². The maximum absolute atomic E-state index is 12.3. The molecule has 124 valence electrons. The Morgan fingerprint density at radius 1 is 0.870 bits per heavy atom. The van der Waals surface area contributed by atoms with E-state index in [4.69, 9.17) is 0 Å². The number of nitrogens with one attached hydrogen (secondary N) is 1. The normalized spacial score (nSPS) is 11.8. The van der Waals surface area contributed by atoms with E-state index in [1.165, 1.54) is 0 Å². The minimum atomic E-state index is -3.42. The van der Waals surface area contributed by atoms with Crippen LogP contribution in [0.5, 0.6) is 0 Å². The molecule has 0 unspecified atom stereocenters. The molecule has 0 atom stereocenters. The molecule has 23 heavy (non-hydrogen) atoms. The van der Waals surface area contributed by atoms with Gasteiger partial charge in [-0.2, -0.15) is 0 Å². The third-order valence-corrected chi connectivity index (χ3v) is 5.07. The van der Waals surface area contributed by atoms with Crippen LogP contribution in [0.25, 0.3) is 11.1 Å². The summed E-state index contributed by atoms with van der Waals surface area (Å²) >= 11 is 0. The minimum Gasteiger partial charge on any atom is -0.309 e. The Balaban J connectivity index is 1.95. The number of hydrogen-bond acceptors (Lipinski definition) is 3. The first-order valence-corrected chi connectivity index (χ1v) is 9.27. The SMILES string of the molecule is CN(C)CCCCNS(=O)(=O)c1ccc(-c2ccccc2)cc1. The molecule has 0 heterocycles. The van der Waals surface area contributed by atoms with Gasteiger partial charge in [-0.3, -0.25) is 0 Å². The van der Waals surface area contributed by atoms with E-state index in [1.807, 2.05) is 56.6 Å². The zero-order valence-corrected chi connectivity index (χ0v) is 14.5. The molecule has 2 aromatic rings. The molecule has 5 heteroatoms. The fourth-order valence-corrected chi connectivity index (χ4v) is 3.37. The maximum atomic E-state index is 12.3. The minimum absolute atomic E-state index is 0.310. The second-order valence-corrected chi connectivity index (χ2v) is 7.57. The van der Waals surface area contributed by atoms with E-state index in [0.29, 0.717) is 11.4 Å². The van der Waals surface area contributed by atoms with Gasteiger partial charge in [0.15, 0.2) is 0 Å². The van der Waals surface area contributed by atoms with Crippen LogP contribution in [-0.2, 0) is 10.0 Å². The summed E-state index contributed by atoms with van der Waals surface area (Å²) in [5.74, 6) is 0. The van der Waals surface area contributed by atoms with Gasteiger partial charge in [-0.15, -0.1) is 0 Å². The van der Waals surface area contributed by atoms with Crippen molar-refractivity contribution >= 4 is 10.0 Å². The molecule has 2 rings (SSSR count). The first-order valence-electron chi connectivity index (χ1n) is 7.79. The predicted molar refractivity (Wildman–Crippen MR) is 94.9 cm³/mol. The number of nitrogens with zero attached hydrogens (tertiary/aromatic N) is 1. The van der Waals surface area contributed by atoms with Crippen molar-refractivity contribution in [3.63, 3.8) is 0 Å². The van der Waals surface area contributed by atoms with E-state index in [9.17, 15) is 8.42 Å². The third kappa shape index (κ3) is 5.46. The lowest BCUT2D eigenvalue weighted by Crippen LogP contribution is -2.25. The molecule has 1 N–H and O–H groups in total. The second kappa shape index (κ2) is 8.24. The van der Waals surface area contributed by atoms with Gasteiger partial charge in [0.25, 0.3) is 0 Å². The molecule has 0 bridgehead atoms. The molecule has 0 aliphatic rings. The van der Waals surface area contributed by atoms with Crippen LogP contribution in [0.1, 0.15) is 12.8 Å². The van der Waals surface area contributed by atoms with Crippen LogP contribution in [0.15, 0.2) is 59.5 Å². The molecule has 0 radical (unpaired) electrons. The molecular weight excluding hydrogens is 308 g/mol. The Labute approximate surface area is 139 Å². The van der Waals surface area contributed by atoms with E-state index in [-0.39, 0.29) is 0 Å². The summed E-state index contributed by atoms with van der Waals surface area (Å²) in [7, 11) is 0.601. The van der Waals surface area contributed by atoms with Crippen molar-refractivity contribution in [2.75, 3.05) is 27.2 Å². The smallest absolute Gasteiger partial charge is 0.240 e. The summed E-state index contributed by atoms with van der Waals surface area (Å²) in [5, 5.41) is 0. The number of sulfonamides is 1. The molecule has 0 aliphatic heterocycles. The topological polar surface area (TPSA) is 49.4 Å². The van der Waals surface area contributed by atoms with Crippen molar-refractivity contribution in [1.29, 1.82) is 0 Å². The van der Waals surface area contributed by atoms with E-state index >= 15 is 0 Å². The lowest BCUT2D eigenvalue weighted by molar-refractivity contribution is 0.394. The standard InChI is InChI=1S/C18H24N2O2S/c1-20(2)15-7-6-14-19-23(21,22)18-12-10-17(11-13-18)16-8-4-3-5-9-16/h3-5,8-13,19H,6-7,14-15H2,1-2H3. The van der Waals surface area contributed by atoms with Gasteiger partial charge in [0, 0.05) is 6.54 Å². The number of rotatable bonds is 8. The summed E-state index contributed by atoms with van der Waals surface area (Å²) in [5.41, 5.74) is 2.09. The summed E-state index contributed by atoms with van der Waals surface area (Å²) in [6, 6.07) is 16.9. The lowest BCUT2D eigenvalue weighted by Gasteiger charge is -2.10. The fourth-order valence-electron chi connectivity index (χ4n) is 2.30. The highest BCUT2D eigenvalue weighted by Gasteiger charge is 2.13. The number of unbranched alkanes of at least 4 members (excludes halogenated alkanes) is 1. The van der Waals surface area contributed by atoms with E-state index in [2.05, 4.69) is 9.62 Å². The largest absolute Gasteiger partial charge is 0.309 e. The molecule has 0 saturated carbocycles. The van der Waals surface area contributed by atoms with Crippen molar-refractivity contribution in [3.8, 4) is 11.1 Å². The molecule has 0 aliphatic carbocycles. The van der Waals surface area contributed by atoms with Gasteiger partial charge in [0.1, 0.15) is 0 Å². The first-order chi connectivity index (χ1) is 11.0. The molecular formula is C18H24N2O2S. The van der Waals surface area contributed by atoms with Gasteiger partial charge in [0.05, 0.1) is 4.90 Å². The van der Waals surface area contributed by atoms with Gasteiger partial charge in [-0.05, 0) is 56.7 Å². The van der Waals surface area contributed by atoms with Crippen LogP contribution in [-0.4, -0.2) is 40.5 Å². The fraction of sp³-hybridized carbons (Fsp3) is 0.333. The van der Waals surface area contributed by atoms with E-state index in [0.717, 1.165) is 30.5 Å². The maximum Gasteiger partial charge on any atom is 0.240 e. The highest BCUT2D eigenvalue weighted by Crippen LogP contribution is 2.20. The first kappa shape index (κ1) is 17.7. The van der Waals surface area contributed by atoms with Crippen LogP contribution in [0.4, 0.5) is 0 Å². The van der Waals surface area contributed by atoms with Gasteiger partial charge in [0.2, 0.25) is 10.0 Å². The van der Waals surface area contributed by atoms with Crippen LogP contribution in [0.3, 0.4) is 0 Å². The Morgan fingerprint density at radius 2 is 1.48 bits per heavy atom. The molecule has 0 amide bonds. The Bertz CT molecular complexity index is 696. The Morgan fingerprint density at radius 3 is 2.09 bits per heavy atom. The van der Waals surface area contributed by atoms with Crippen LogP contribution >= 0.6 is 0 Å². The lowest BCUT2D eigenvalue weighted by atomic mass is 10.1. The van der Waals surface area contributed by atoms with Crippen LogP contribution in [0, 0.1) is 0 Å². The van der Waals surface area contributed by atoms with Gasteiger partial charge in [-0.25, -0.2) is 13.1 Å². The number of hydrogen-bond donors (Lipinski definition) is 1. The summed E-state index contributed by atoms with van der Waals surface area (Å²) in [6.45, 7) is 1.43. The van der Waals surface area contributed by atoms with Gasteiger partial charge in [-0.1, -0.05) is 42.5 Å². The molecule has 2 aromatic carbocycles. The van der Waals surface area contributed by atoms with Crippen LogP contribution < -0.4 is 4.72 Å². The van der Waals surface area contributed by atoms with Crippen LogP contribution in [0.2, 0.25) is 0 Å². The predicted octanol–water partition coefficient (Wildman–Crippen LogP) is 2.97. The molecule has 0 saturated heterocycles. The van der Waals surface area contributed by atoms with Crippen molar-refractivity contribution < 1.29 is 8.42 Å². The molecule has 0 fully saturated rings. The summed E-state index contributed by atoms with van der Waals surface area (Å²) < 4.78 is 27.2. The Kier molecular flexibility index (Phi) is 6.33. The van der Waals surface area contributed by atoms with Crippen molar-refractivity contribution in [2.24, 2.45) is 0 Å². The zero-order valence-electron chi connectivity index (χ0n) is 13.7. The monoisotopic (exact) mass is 332 g/mol. The molecule has 4 nitrogen and oxygen atoms in total. The van der Waals surface area contributed by atoms with Gasteiger partial charge >= 0.3 is 0 Å². The third-order valence-electron chi connectivity index (χ3n) is 3.60. The average Bonchev–Trinajstić information content (AvgIpc) is 2.55. The zero-order chi connectivity index (χ0) is 16.7. The van der Waals surface area contributed by atoms with Gasteiger partial charge < -0.3 is 4.90 Å². The second-order valence-electron chi connectivity index (χ2n) is 5.80. The van der Waals surface area contributed by atoms with Crippen molar-refractivity contribution in [2.45, 2.75) is 17.7 Å². The van der Waals surface area contributed by atoms with Crippen molar-refractivity contribution in [3.05, 3.63) is 54.6 Å².